The average Bonchev–Trinajstić information content (AvgIpc) is 3.26. The average molecular weight is 283 g/mol. The van der Waals surface area contributed by atoms with Crippen molar-refractivity contribution < 1.29 is 14.0 Å². The van der Waals surface area contributed by atoms with Gasteiger partial charge in [0.05, 0.1) is 17.5 Å². The van der Waals surface area contributed by atoms with Gasteiger partial charge in [-0.25, -0.2) is 4.39 Å². The Morgan fingerprint density at radius 2 is 1.43 bits per heavy atom. The number of halogens is 1. The molecule has 0 radical (unpaired) electrons. The van der Waals surface area contributed by atoms with Gasteiger partial charge in [-0.15, -0.1) is 0 Å². The SMILES string of the molecule is O=C1[C@@H]2[C@@H]3C=C[C@@H]([C@@H]4C[C@H]34)[C@@H]2C(=O)N1c1ccc(F)cc1. The van der Waals surface area contributed by atoms with Crippen molar-refractivity contribution in [1.82, 2.24) is 0 Å². The van der Waals surface area contributed by atoms with Gasteiger partial charge in [0.15, 0.2) is 0 Å². The second-order valence-corrected chi connectivity index (χ2v) is 6.64. The van der Waals surface area contributed by atoms with Gasteiger partial charge in [-0.1, -0.05) is 12.2 Å². The van der Waals surface area contributed by atoms with Gasteiger partial charge < -0.3 is 0 Å². The van der Waals surface area contributed by atoms with Gasteiger partial charge in [0.1, 0.15) is 5.82 Å². The maximum atomic E-state index is 13.1. The Bertz CT molecular complexity index is 659. The Morgan fingerprint density at radius 3 is 1.95 bits per heavy atom. The van der Waals surface area contributed by atoms with Crippen LogP contribution in [0.25, 0.3) is 0 Å². The lowest BCUT2D eigenvalue weighted by Gasteiger charge is -2.37. The van der Waals surface area contributed by atoms with Gasteiger partial charge in [-0.2, -0.15) is 0 Å². The predicted octanol–water partition coefficient (Wildman–Crippen LogP) is 2.38. The molecule has 106 valence electrons. The van der Waals surface area contributed by atoms with E-state index < -0.39 is 0 Å². The van der Waals surface area contributed by atoms with E-state index in [-0.39, 0.29) is 41.3 Å². The van der Waals surface area contributed by atoms with E-state index in [4.69, 9.17) is 0 Å². The van der Waals surface area contributed by atoms with E-state index in [0.717, 1.165) is 6.42 Å². The summed E-state index contributed by atoms with van der Waals surface area (Å²) in [5.74, 6) is 0.722. The zero-order chi connectivity index (χ0) is 14.3. The van der Waals surface area contributed by atoms with Gasteiger partial charge in [-0.05, 0) is 54.4 Å². The third kappa shape index (κ3) is 1.33. The van der Waals surface area contributed by atoms with E-state index in [0.29, 0.717) is 17.5 Å². The zero-order valence-corrected chi connectivity index (χ0v) is 11.3. The maximum Gasteiger partial charge on any atom is 0.238 e. The summed E-state index contributed by atoms with van der Waals surface area (Å²) in [5, 5.41) is 0. The molecule has 6 atom stereocenters. The van der Waals surface area contributed by atoms with Crippen molar-refractivity contribution >= 4 is 17.5 Å². The molecule has 21 heavy (non-hydrogen) atoms. The number of nitrogens with zero attached hydrogens (tertiary/aromatic N) is 1. The standard InChI is InChI=1S/C17H14FNO2/c18-8-1-3-9(4-2-8)19-16(20)14-10-5-6-11(13-7-12(10)13)15(14)17(19)21/h1-6,10-15H,7H2/t10-,11+,12-,13+,14-,15+. The van der Waals surface area contributed by atoms with E-state index >= 15 is 0 Å². The lowest BCUT2D eigenvalue weighted by atomic mass is 9.63. The van der Waals surface area contributed by atoms with Crippen LogP contribution in [-0.4, -0.2) is 11.8 Å². The Kier molecular flexibility index (Phi) is 2.01. The van der Waals surface area contributed by atoms with Crippen LogP contribution in [0.4, 0.5) is 10.1 Å². The molecule has 0 aromatic heterocycles. The van der Waals surface area contributed by atoms with E-state index in [1.165, 1.54) is 29.2 Å². The van der Waals surface area contributed by atoms with Crippen molar-refractivity contribution in [3.05, 3.63) is 42.2 Å². The van der Waals surface area contributed by atoms with Crippen LogP contribution in [-0.2, 0) is 9.59 Å². The molecule has 1 aromatic rings. The topological polar surface area (TPSA) is 37.4 Å². The number of rotatable bonds is 1. The molecule has 1 aromatic carbocycles. The van der Waals surface area contributed by atoms with Gasteiger partial charge in [-0.3, -0.25) is 14.5 Å². The van der Waals surface area contributed by atoms with Crippen LogP contribution < -0.4 is 4.90 Å². The smallest absolute Gasteiger partial charge is 0.238 e. The van der Waals surface area contributed by atoms with Crippen molar-refractivity contribution in [3.63, 3.8) is 0 Å². The van der Waals surface area contributed by atoms with Gasteiger partial charge in [0, 0.05) is 0 Å². The van der Waals surface area contributed by atoms with E-state index in [1.54, 1.807) is 0 Å². The summed E-state index contributed by atoms with van der Waals surface area (Å²) in [6, 6.07) is 5.61. The summed E-state index contributed by atoms with van der Waals surface area (Å²) in [6.07, 6.45) is 5.46. The normalized spacial score (nSPS) is 42.2. The minimum atomic E-state index is -0.363. The number of carbonyl (C=O) groups excluding carboxylic acids is 2. The first-order chi connectivity index (χ1) is 10.2. The molecule has 0 spiro atoms. The maximum absolute atomic E-state index is 13.1. The summed E-state index contributed by atoms with van der Waals surface area (Å²) in [7, 11) is 0. The molecule has 2 bridgehead atoms. The van der Waals surface area contributed by atoms with Gasteiger partial charge >= 0.3 is 0 Å². The molecule has 3 nitrogen and oxygen atoms in total. The number of allylic oxidation sites excluding steroid dienone is 2. The van der Waals surface area contributed by atoms with Crippen molar-refractivity contribution in [3.8, 4) is 0 Å². The Hall–Kier alpha value is -1.97. The van der Waals surface area contributed by atoms with Crippen LogP contribution in [0.5, 0.6) is 0 Å². The molecular weight excluding hydrogens is 269 g/mol. The Balaban J connectivity index is 1.58. The molecule has 1 aliphatic heterocycles. The van der Waals surface area contributed by atoms with Crippen molar-refractivity contribution in [2.24, 2.45) is 35.5 Å². The molecule has 3 fully saturated rings. The lowest BCUT2D eigenvalue weighted by molar-refractivity contribution is -0.124. The van der Waals surface area contributed by atoms with Crippen LogP contribution in [0.1, 0.15) is 6.42 Å². The minimum Gasteiger partial charge on any atom is -0.274 e. The van der Waals surface area contributed by atoms with E-state index in [9.17, 15) is 14.0 Å². The third-order valence-corrected chi connectivity index (χ3v) is 5.75. The number of anilines is 1. The molecule has 0 unspecified atom stereocenters. The fraction of sp³-hybridized carbons (Fsp3) is 0.412. The van der Waals surface area contributed by atoms with Crippen LogP contribution >= 0.6 is 0 Å². The summed E-state index contributed by atoms with van der Waals surface area (Å²) in [6.45, 7) is 0. The first-order valence-electron chi connectivity index (χ1n) is 7.48. The quantitative estimate of drug-likeness (QED) is 0.586. The fourth-order valence-corrected chi connectivity index (χ4v) is 4.80. The predicted molar refractivity (Wildman–Crippen MR) is 73.6 cm³/mol. The molecule has 6 rings (SSSR count). The highest BCUT2D eigenvalue weighted by molar-refractivity contribution is 6.22. The van der Waals surface area contributed by atoms with Crippen LogP contribution in [0.2, 0.25) is 0 Å². The molecule has 4 heteroatoms. The molecule has 2 saturated carbocycles. The first kappa shape index (κ1) is 11.7. The highest BCUT2D eigenvalue weighted by Gasteiger charge is 2.67. The Labute approximate surface area is 121 Å². The number of hydrogen-bond acceptors (Lipinski definition) is 2. The number of carbonyl (C=O) groups is 2. The Morgan fingerprint density at radius 1 is 0.905 bits per heavy atom. The highest BCUT2D eigenvalue weighted by atomic mass is 19.1. The molecular formula is C17H14FNO2. The fourth-order valence-electron chi connectivity index (χ4n) is 4.80. The summed E-state index contributed by atoms with van der Waals surface area (Å²) < 4.78 is 13.1. The van der Waals surface area contributed by atoms with Crippen molar-refractivity contribution in [2.45, 2.75) is 6.42 Å². The number of imide groups is 1. The van der Waals surface area contributed by atoms with Crippen molar-refractivity contribution in [1.29, 1.82) is 0 Å². The van der Waals surface area contributed by atoms with Crippen LogP contribution in [0.3, 0.4) is 0 Å². The number of hydrogen-bond donors (Lipinski definition) is 0. The third-order valence-electron chi connectivity index (χ3n) is 5.75. The van der Waals surface area contributed by atoms with E-state index in [1.807, 2.05) is 0 Å². The monoisotopic (exact) mass is 283 g/mol. The van der Waals surface area contributed by atoms with Gasteiger partial charge in [0.25, 0.3) is 0 Å². The molecule has 5 aliphatic rings. The van der Waals surface area contributed by atoms with E-state index in [2.05, 4.69) is 12.2 Å². The summed E-state index contributed by atoms with van der Waals surface area (Å²) in [5.41, 5.74) is 0.494. The van der Waals surface area contributed by atoms with Crippen molar-refractivity contribution in [2.75, 3.05) is 4.90 Å². The number of benzene rings is 1. The second kappa shape index (κ2) is 3.62. The summed E-state index contributed by atoms with van der Waals surface area (Å²) >= 11 is 0. The van der Waals surface area contributed by atoms with Gasteiger partial charge in [0.2, 0.25) is 11.8 Å². The first-order valence-corrected chi connectivity index (χ1v) is 7.48. The molecule has 1 saturated heterocycles. The molecule has 2 amide bonds. The second-order valence-electron chi connectivity index (χ2n) is 6.64. The number of amides is 2. The van der Waals surface area contributed by atoms with Crippen LogP contribution in [0.15, 0.2) is 36.4 Å². The zero-order valence-electron chi connectivity index (χ0n) is 11.3. The van der Waals surface area contributed by atoms with Crippen LogP contribution in [0, 0.1) is 41.3 Å². The lowest BCUT2D eigenvalue weighted by Crippen LogP contribution is -2.40. The molecule has 4 aliphatic carbocycles. The minimum absolute atomic E-state index is 0.0960. The highest BCUT2D eigenvalue weighted by Crippen LogP contribution is 2.65. The summed E-state index contributed by atoms with van der Waals surface area (Å²) in [4.78, 5) is 26.8. The molecule has 1 heterocycles. The molecule has 0 N–H and O–H groups in total. The largest absolute Gasteiger partial charge is 0.274 e.